The Labute approximate surface area is 105 Å². The van der Waals surface area contributed by atoms with Gasteiger partial charge in [0.15, 0.2) is 0 Å². The third-order valence-electron chi connectivity index (χ3n) is 3.47. The van der Waals surface area contributed by atoms with Crippen LogP contribution >= 0.6 is 0 Å². The first-order valence-corrected chi connectivity index (χ1v) is 6.32. The molecule has 5 nitrogen and oxygen atoms in total. The van der Waals surface area contributed by atoms with Gasteiger partial charge in [0, 0.05) is 24.6 Å². The number of aliphatic hydroxyl groups excluding tert-OH is 1. The Morgan fingerprint density at radius 1 is 1.39 bits per heavy atom. The summed E-state index contributed by atoms with van der Waals surface area (Å²) >= 11 is 0. The lowest BCUT2D eigenvalue weighted by Gasteiger charge is -2.30. The number of carbonyl (C=O) groups is 1. The molecule has 5 heteroatoms. The van der Waals surface area contributed by atoms with Crippen molar-refractivity contribution in [3.05, 3.63) is 34.2 Å². The number of aromatic amines is 1. The van der Waals surface area contributed by atoms with Crippen molar-refractivity contribution in [2.24, 2.45) is 5.92 Å². The average Bonchev–Trinajstić information content (AvgIpc) is 2.39. The standard InChI is InChI=1S/C13H18N2O3/c16-8-9-4-1-2-5-10(9)15-13(18)11-6-3-7-12(17)14-11/h3,6-7,9-10,16H,1-2,4-5,8H2,(H,14,17)(H,15,18). The van der Waals surface area contributed by atoms with E-state index in [0.29, 0.717) is 0 Å². The lowest BCUT2D eigenvalue weighted by atomic mass is 9.85. The van der Waals surface area contributed by atoms with Crippen molar-refractivity contribution < 1.29 is 9.90 Å². The second kappa shape index (κ2) is 5.82. The highest BCUT2D eigenvalue weighted by Crippen LogP contribution is 2.24. The van der Waals surface area contributed by atoms with Gasteiger partial charge in [-0.1, -0.05) is 18.9 Å². The summed E-state index contributed by atoms with van der Waals surface area (Å²) in [5.41, 5.74) is -0.0187. The average molecular weight is 250 g/mol. The number of amides is 1. The first-order valence-electron chi connectivity index (χ1n) is 6.32. The molecule has 0 spiro atoms. The second-order valence-corrected chi connectivity index (χ2v) is 4.74. The highest BCUT2D eigenvalue weighted by atomic mass is 16.3. The Hall–Kier alpha value is -1.62. The number of hydrogen-bond donors (Lipinski definition) is 3. The minimum Gasteiger partial charge on any atom is -0.396 e. The molecule has 1 aromatic rings. The molecule has 0 aliphatic heterocycles. The lowest BCUT2D eigenvalue weighted by Crippen LogP contribution is -2.43. The minimum atomic E-state index is -0.287. The van der Waals surface area contributed by atoms with E-state index in [1.165, 1.54) is 6.07 Å². The van der Waals surface area contributed by atoms with Crippen molar-refractivity contribution >= 4 is 5.91 Å². The van der Waals surface area contributed by atoms with Crippen molar-refractivity contribution in [1.82, 2.24) is 10.3 Å². The van der Waals surface area contributed by atoms with E-state index in [2.05, 4.69) is 10.3 Å². The van der Waals surface area contributed by atoms with E-state index in [0.717, 1.165) is 25.7 Å². The van der Waals surface area contributed by atoms with E-state index >= 15 is 0 Å². The molecule has 2 unspecified atom stereocenters. The van der Waals surface area contributed by atoms with Gasteiger partial charge in [-0.05, 0) is 18.9 Å². The summed E-state index contributed by atoms with van der Waals surface area (Å²) in [5, 5.41) is 12.2. The van der Waals surface area contributed by atoms with Gasteiger partial charge in [0.2, 0.25) is 5.56 Å². The van der Waals surface area contributed by atoms with E-state index < -0.39 is 0 Å². The molecule has 98 valence electrons. The van der Waals surface area contributed by atoms with E-state index in [4.69, 9.17) is 0 Å². The first kappa shape index (κ1) is 12.8. The molecule has 1 heterocycles. The van der Waals surface area contributed by atoms with Crippen molar-refractivity contribution in [2.45, 2.75) is 31.7 Å². The topological polar surface area (TPSA) is 82.2 Å². The van der Waals surface area contributed by atoms with Gasteiger partial charge in [0.25, 0.3) is 5.91 Å². The summed E-state index contributed by atoms with van der Waals surface area (Å²) in [6, 6.07) is 4.50. The quantitative estimate of drug-likeness (QED) is 0.737. The van der Waals surface area contributed by atoms with Gasteiger partial charge in [-0.3, -0.25) is 9.59 Å². The Morgan fingerprint density at radius 3 is 2.89 bits per heavy atom. The Balaban J connectivity index is 2.04. The monoisotopic (exact) mass is 250 g/mol. The van der Waals surface area contributed by atoms with Crippen LogP contribution in [0.25, 0.3) is 0 Å². The molecule has 1 fully saturated rings. The third-order valence-corrected chi connectivity index (χ3v) is 3.47. The van der Waals surface area contributed by atoms with Crippen LogP contribution < -0.4 is 10.9 Å². The van der Waals surface area contributed by atoms with E-state index in [1.54, 1.807) is 12.1 Å². The zero-order chi connectivity index (χ0) is 13.0. The fraction of sp³-hybridized carbons (Fsp3) is 0.538. The molecule has 2 atom stereocenters. The van der Waals surface area contributed by atoms with Crippen LogP contribution in [0.2, 0.25) is 0 Å². The largest absolute Gasteiger partial charge is 0.396 e. The predicted molar refractivity (Wildman–Crippen MR) is 67.4 cm³/mol. The molecule has 2 rings (SSSR count). The maximum absolute atomic E-state index is 12.0. The van der Waals surface area contributed by atoms with Crippen molar-refractivity contribution in [1.29, 1.82) is 0 Å². The molecule has 1 aliphatic rings. The van der Waals surface area contributed by atoms with Gasteiger partial charge in [-0.25, -0.2) is 0 Å². The summed E-state index contributed by atoms with van der Waals surface area (Å²) in [5.74, 6) is -0.156. The number of hydrogen-bond acceptors (Lipinski definition) is 3. The number of H-pyrrole nitrogens is 1. The number of rotatable bonds is 3. The fourth-order valence-electron chi connectivity index (χ4n) is 2.44. The Morgan fingerprint density at radius 2 is 2.17 bits per heavy atom. The summed E-state index contributed by atoms with van der Waals surface area (Å²) in [6.45, 7) is 0.0935. The van der Waals surface area contributed by atoms with Crippen LogP contribution in [-0.4, -0.2) is 28.6 Å². The zero-order valence-corrected chi connectivity index (χ0v) is 10.2. The van der Waals surface area contributed by atoms with Crippen molar-refractivity contribution in [3.63, 3.8) is 0 Å². The molecule has 1 amide bonds. The lowest BCUT2D eigenvalue weighted by molar-refractivity contribution is 0.0867. The second-order valence-electron chi connectivity index (χ2n) is 4.74. The summed E-state index contributed by atoms with van der Waals surface area (Å²) < 4.78 is 0. The molecule has 3 N–H and O–H groups in total. The first-order chi connectivity index (χ1) is 8.70. The molecule has 1 aromatic heterocycles. The third kappa shape index (κ3) is 2.98. The van der Waals surface area contributed by atoms with Crippen LogP contribution in [-0.2, 0) is 0 Å². The van der Waals surface area contributed by atoms with Gasteiger partial charge in [0.1, 0.15) is 5.69 Å². The molecule has 0 bridgehead atoms. The molecule has 0 aromatic carbocycles. The van der Waals surface area contributed by atoms with Gasteiger partial charge in [-0.2, -0.15) is 0 Å². The predicted octanol–water partition coefficient (Wildman–Crippen LogP) is 0.656. The highest BCUT2D eigenvalue weighted by Gasteiger charge is 2.26. The summed E-state index contributed by atoms with van der Waals surface area (Å²) in [4.78, 5) is 25.6. The Bertz CT molecular complexity index is 469. The normalized spacial score (nSPS) is 23.6. The van der Waals surface area contributed by atoms with Crippen LogP contribution in [0, 0.1) is 5.92 Å². The van der Waals surface area contributed by atoms with Gasteiger partial charge in [0.05, 0.1) is 0 Å². The molecular formula is C13H18N2O3. The van der Waals surface area contributed by atoms with Gasteiger partial charge in [-0.15, -0.1) is 0 Å². The number of aromatic nitrogens is 1. The van der Waals surface area contributed by atoms with Gasteiger partial charge >= 0.3 is 0 Å². The van der Waals surface area contributed by atoms with E-state index in [9.17, 15) is 14.7 Å². The van der Waals surface area contributed by atoms with E-state index in [-0.39, 0.29) is 35.7 Å². The number of aliphatic hydroxyl groups is 1. The molecule has 1 aliphatic carbocycles. The molecule has 1 saturated carbocycles. The molecule has 0 radical (unpaired) electrons. The van der Waals surface area contributed by atoms with Crippen molar-refractivity contribution in [2.75, 3.05) is 6.61 Å². The van der Waals surface area contributed by atoms with Crippen LogP contribution in [0.15, 0.2) is 23.0 Å². The van der Waals surface area contributed by atoms with Crippen molar-refractivity contribution in [3.8, 4) is 0 Å². The van der Waals surface area contributed by atoms with Crippen LogP contribution in [0.1, 0.15) is 36.2 Å². The van der Waals surface area contributed by atoms with Crippen LogP contribution in [0.4, 0.5) is 0 Å². The summed E-state index contributed by atoms with van der Waals surface area (Å²) in [6.07, 6.45) is 3.98. The SMILES string of the molecule is O=C(NC1CCCCC1CO)c1cccc(=O)[nH]1. The van der Waals surface area contributed by atoms with Gasteiger partial charge < -0.3 is 15.4 Å². The number of carbonyl (C=O) groups excluding carboxylic acids is 1. The maximum Gasteiger partial charge on any atom is 0.268 e. The zero-order valence-electron chi connectivity index (χ0n) is 10.2. The Kier molecular flexibility index (Phi) is 4.15. The van der Waals surface area contributed by atoms with Crippen LogP contribution in [0.3, 0.4) is 0 Å². The number of nitrogens with one attached hydrogen (secondary N) is 2. The fourth-order valence-corrected chi connectivity index (χ4v) is 2.44. The summed E-state index contributed by atoms with van der Waals surface area (Å²) in [7, 11) is 0. The van der Waals surface area contributed by atoms with E-state index in [1.807, 2.05) is 0 Å². The smallest absolute Gasteiger partial charge is 0.268 e. The highest BCUT2D eigenvalue weighted by molar-refractivity contribution is 5.92. The van der Waals surface area contributed by atoms with Crippen LogP contribution in [0.5, 0.6) is 0 Å². The minimum absolute atomic E-state index is 0.0000387. The maximum atomic E-state index is 12.0. The molecule has 0 saturated heterocycles. The molecule has 18 heavy (non-hydrogen) atoms. The molecular weight excluding hydrogens is 232 g/mol. The number of pyridine rings is 1.